The fourth-order valence-corrected chi connectivity index (χ4v) is 2.21. The van der Waals surface area contributed by atoms with Crippen LogP contribution in [0.1, 0.15) is 16.2 Å². The Morgan fingerprint density at radius 1 is 1.47 bits per heavy atom. The fraction of sp³-hybridized carbons (Fsp3) is 0.231. The van der Waals surface area contributed by atoms with Crippen molar-refractivity contribution in [3.63, 3.8) is 0 Å². The van der Waals surface area contributed by atoms with Crippen molar-refractivity contribution in [3.8, 4) is 5.75 Å². The number of imidazole rings is 1. The van der Waals surface area contributed by atoms with Crippen molar-refractivity contribution in [2.75, 3.05) is 18.1 Å². The number of para-hydroxylation sites is 2. The molecule has 0 bridgehead atoms. The highest BCUT2D eigenvalue weighted by atomic mass is 16.5. The molecule has 0 aliphatic carbocycles. The van der Waals surface area contributed by atoms with Gasteiger partial charge in [0.15, 0.2) is 5.69 Å². The van der Waals surface area contributed by atoms with E-state index in [0.29, 0.717) is 18.8 Å². The molecular weight excluding hydrogens is 246 g/mol. The van der Waals surface area contributed by atoms with E-state index in [-0.39, 0.29) is 5.69 Å². The molecule has 0 radical (unpaired) electrons. The van der Waals surface area contributed by atoms with Crippen LogP contribution >= 0.6 is 0 Å². The first kappa shape index (κ1) is 11.6. The predicted molar refractivity (Wildman–Crippen MR) is 68.5 cm³/mol. The van der Waals surface area contributed by atoms with Gasteiger partial charge in [-0.2, -0.15) is 0 Å². The monoisotopic (exact) mass is 259 g/mol. The maximum atomic E-state index is 11.0. The van der Waals surface area contributed by atoms with Gasteiger partial charge in [0.25, 0.3) is 0 Å². The molecule has 19 heavy (non-hydrogen) atoms. The highest BCUT2D eigenvalue weighted by molar-refractivity contribution is 5.86. The molecule has 6 nitrogen and oxygen atoms in total. The Bertz CT molecular complexity index is 609. The molecule has 0 saturated heterocycles. The number of benzene rings is 1. The summed E-state index contributed by atoms with van der Waals surface area (Å²) in [6.45, 7) is 1.78. The van der Waals surface area contributed by atoms with Crippen molar-refractivity contribution in [3.05, 3.63) is 42.0 Å². The standard InChI is InChI=1S/C13H13N3O3/c17-13(18)12-9(14-8-15-12)7-16-5-6-19-11-4-2-1-3-10(11)16/h1-4,8H,5-7H2,(H,14,15)(H,17,18). The number of carboxylic acid groups (broad SMARTS) is 1. The van der Waals surface area contributed by atoms with E-state index in [2.05, 4.69) is 14.9 Å². The first-order valence-corrected chi connectivity index (χ1v) is 5.98. The van der Waals surface area contributed by atoms with E-state index < -0.39 is 5.97 Å². The molecule has 1 aliphatic rings. The van der Waals surface area contributed by atoms with E-state index in [1.807, 2.05) is 24.3 Å². The number of rotatable bonds is 3. The number of hydrogen-bond acceptors (Lipinski definition) is 4. The normalized spacial score (nSPS) is 13.8. The van der Waals surface area contributed by atoms with Gasteiger partial charge in [0.2, 0.25) is 0 Å². The molecule has 98 valence electrons. The summed E-state index contributed by atoms with van der Waals surface area (Å²) in [5.41, 5.74) is 1.65. The first-order chi connectivity index (χ1) is 9.25. The molecule has 1 aromatic heterocycles. The zero-order chi connectivity index (χ0) is 13.2. The number of hydrogen-bond donors (Lipinski definition) is 2. The van der Waals surface area contributed by atoms with Crippen LogP contribution < -0.4 is 9.64 Å². The Hall–Kier alpha value is -2.50. The largest absolute Gasteiger partial charge is 0.490 e. The van der Waals surface area contributed by atoms with Gasteiger partial charge in [-0.25, -0.2) is 9.78 Å². The van der Waals surface area contributed by atoms with Crippen LogP contribution in [-0.4, -0.2) is 34.2 Å². The van der Waals surface area contributed by atoms with E-state index in [4.69, 9.17) is 9.84 Å². The topological polar surface area (TPSA) is 78.4 Å². The van der Waals surface area contributed by atoms with Gasteiger partial charge < -0.3 is 19.7 Å². The number of nitrogens with zero attached hydrogens (tertiary/aromatic N) is 2. The predicted octanol–water partition coefficient (Wildman–Crippen LogP) is 1.51. The molecule has 1 aromatic carbocycles. The van der Waals surface area contributed by atoms with E-state index in [9.17, 15) is 4.79 Å². The number of anilines is 1. The summed E-state index contributed by atoms with van der Waals surface area (Å²) in [4.78, 5) is 19.8. The minimum absolute atomic E-state index is 0.0731. The number of carboxylic acids is 1. The molecule has 0 spiro atoms. The van der Waals surface area contributed by atoms with Crippen molar-refractivity contribution < 1.29 is 14.6 Å². The molecule has 0 amide bonds. The number of aromatic amines is 1. The molecule has 0 atom stereocenters. The molecule has 2 N–H and O–H groups in total. The average molecular weight is 259 g/mol. The molecule has 2 aromatic rings. The zero-order valence-corrected chi connectivity index (χ0v) is 10.2. The number of aromatic nitrogens is 2. The Labute approximate surface area is 109 Å². The summed E-state index contributed by atoms with van der Waals surface area (Å²) < 4.78 is 5.57. The van der Waals surface area contributed by atoms with Gasteiger partial charge in [-0.1, -0.05) is 12.1 Å². The van der Waals surface area contributed by atoms with Gasteiger partial charge in [-0.3, -0.25) is 0 Å². The average Bonchev–Trinajstić information content (AvgIpc) is 2.87. The lowest BCUT2D eigenvalue weighted by molar-refractivity contribution is 0.0690. The molecule has 0 saturated carbocycles. The second kappa shape index (κ2) is 4.64. The third-order valence-corrected chi connectivity index (χ3v) is 3.09. The van der Waals surface area contributed by atoms with Gasteiger partial charge in [0.05, 0.1) is 30.8 Å². The lowest BCUT2D eigenvalue weighted by Gasteiger charge is -2.30. The maximum Gasteiger partial charge on any atom is 0.356 e. The molecular formula is C13H13N3O3. The summed E-state index contributed by atoms with van der Waals surface area (Å²) >= 11 is 0. The van der Waals surface area contributed by atoms with Gasteiger partial charge >= 0.3 is 5.97 Å². The minimum Gasteiger partial charge on any atom is -0.490 e. The summed E-state index contributed by atoms with van der Waals surface area (Å²) in [7, 11) is 0. The molecule has 1 aliphatic heterocycles. The highest BCUT2D eigenvalue weighted by Gasteiger charge is 2.21. The second-order valence-corrected chi connectivity index (χ2v) is 4.27. The molecule has 3 rings (SSSR count). The van der Waals surface area contributed by atoms with E-state index in [1.165, 1.54) is 6.33 Å². The summed E-state index contributed by atoms with van der Waals surface area (Å²) in [6.07, 6.45) is 1.41. The highest BCUT2D eigenvalue weighted by Crippen LogP contribution is 2.31. The number of ether oxygens (including phenoxy) is 1. The van der Waals surface area contributed by atoms with Crippen LogP contribution in [0, 0.1) is 0 Å². The SMILES string of the molecule is O=C(O)c1nc[nH]c1CN1CCOc2ccccc21. The van der Waals surface area contributed by atoms with Gasteiger partial charge in [0, 0.05) is 0 Å². The maximum absolute atomic E-state index is 11.0. The zero-order valence-electron chi connectivity index (χ0n) is 10.2. The summed E-state index contributed by atoms with van der Waals surface area (Å²) in [5.74, 6) is -0.192. The lowest BCUT2D eigenvalue weighted by Crippen LogP contribution is -2.32. The molecule has 0 fully saturated rings. The van der Waals surface area contributed by atoms with Crippen molar-refractivity contribution in [1.82, 2.24) is 9.97 Å². The third-order valence-electron chi connectivity index (χ3n) is 3.09. The van der Waals surface area contributed by atoms with Crippen LogP contribution in [0.3, 0.4) is 0 Å². The number of nitrogens with one attached hydrogen (secondary N) is 1. The van der Waals surface area contributed by atoms with Crippen LogP contribution in [-0.2, 0) is 6.54 Å². The van der Waals surface area contributed by atoms with Gasteiger partial charge in [0.1, 0.15) is 12.4 Å². The van der Waals surface area contributed by atoms with Crippen LogP contribution in [0.5, 0.6) is 5.75 Å². The van der Waals surface area contributed by atoms with E-state index in [1.54, 1.807) is 0 Å². The third kappa shape index (κ3) is 2.12. The van der Waals surface area contributed by atoms with Crippen molar-refractivity contribution >= 4 is 11.7 Å². The number of carbonyl (C=O) groups is 1. The Morgan fingerprint density at radius 3 is 3.16 bits per heavy atom. The van der Waals surface area contributed by atoms with Crippen molar-refractivity contribution in [1.29, 1.82) is 0 Å². The Balaban J connectivity index is 1.89. The second-order valence-electron chi connectivity index (χ2n) is 4.27. The number of aromatic carboxylic acids is 1. The Kier molecular flexibility index (Phi) is 2.83. The van der Waals surface area contributed by atoms with Crippen molar-refractivity contribution in [2.24, 2.45) is 0 Å². The first-order valence-electron chi connectivity index (χ1n) is 5.98. The molecule has 6 heteroatoms. The Morgan fingerprint density at radius 2 is 2.32 bits per heavy atom. The van der Waals surface area contributed by atoms with Gasteiger partial charge in [-0.05, 0) is 12.1 Å². The van der Waals surface area contributed by atoms with E-state index in [0.717, 1.165) is 18.0 Å². The molecule has 0 unspecified atom stereocenters. The smallest absolute Gasteiger partial charge is 0.356 e. The van der Waals surface area contributed by atoms with Crippen LogP contribution in [0.2, 0.25) is 0 Å². The van der Waals surface area contributed by atoms with E-state index >= 15 is 0 Å². The van der Waals surface area contributed by atoms with Crippen molar-refractivity contribution in [2.45, 2.75) is 6.54 Å². The summed E-state index contributed by atoms with van der Waals surface area (Å²) in [5, 5.41) is 9.05. The van der Waals surface area contributed by atoms with Crippen LogP contribution in [0.15, 0.2) is 30.6 Å². The quantitative estimate of drug-likeness (QED) is 0.873. The van der Waals surface area contributed by atoms with Crippen LogP contribution in [0.25, 0.3) is 0 Å². The molecule has 2 heterocycles. The minimum atomic E-state index is -1.02. The number of H-pyrrole nitrogens is 1. The summed E-state index contributed by atoms with van der Waals surface area (Å²) in [6, 6.07) is 7.73. The van der Waals surface area contributed by atoms with Crippen LogP contribution in [0.4, 0.5) is 5.69 Å². The van der Waals surface area contributed by atoms with Gasteiger partial charge in [-0.15, -0.1) is 0 Å². The fourth-order valence-electron chi connectivity index (χ4n) is 2.21. The number of fused-ring (bicyclic) bond motifs is 1. The lowest BCUT2D eigenvalue weighted by atomic mass is 10.2.